The lowest BCUT2D eigenvalue weighted by molar-refractivity contribution is 0.457. The first kappa shape index (κ1) is 16.9. The van der Waals surface area contributed by atoms with Crippen molar-refractivity contribution < 1.29 is 15.3 Å². The average Bonchev–Trinajstić information content (AvgIpc) is 2.58. The number of aromatic hydroxyl groups is 3. The number of hydrogen-bond donors (Lipinski definition) is 3. The van der Waals surface area contributed by atoms with Crippen molar-refractivity contribution in [2.45, 2.75) is 26.7 Å². The lowest BCUT2D eigenvalue weighted by atomic mass is 9.96. The Balaban J connectivity index is 1.92. The van der Waals surface area contributed by atoms with E-state index in [0.29, 0.717) is 12.8 Å². The lowest BCUT2D eigenvalue weighted by Crippen LogP contribution is -1.96. The molecule has 128 valence electrons. The highest BCUT2D eigenvalue weighted by Crippen LogP contribution is 2.31. The maximum absolute atomic E-state index is 10.7. The fraction of sp³-hybridized carbons (Fsp3) is 0.182. The van der Waals surface area contributed by atoms with Gasteiger partial charge in [0.1, 0.15) is 17.2 Å². The van der Waals surface area contributed by atoms with E-state index in [1.54, 1.807) is 12.1 Å². The molecule has 3 N–H and O–H groups in total. The summed E-state index contributed by atoms with van der Waals surface area (Å²) in [6.45, 7) is 3.94. The number of para-hydroxylation sites is 1. The van der Waals surface area contributed by atoms with Crippen molar-refractivity contribution in [3.8, 4) is 17.2 Å². The van der Waals surface area contributed by atoms with Gasteiger partial charge in [-0.15, -0.1) is 0 Å². The third-order valence-electron chi connectivity index (χ3n) is 4.43. The maximum atomic E-state index is 10.7. The fourth-order valence-electron chi connectivity index (χ4n) is 3.05. The fourth-order valence-corrected chi connectivity index (χ4v) is 3.05. The Morgan fingerprint density at radius 1 is 0.600 bits per heavy atom. The molecule has 3 nitrogen and oxygen atoms in total. The van der Waals surface area contributed by atoms with Crippen LogP contribution in [0.15, 0.2) is 54.6 Å². The van der Waals surface area contributed by atoms with Gasteiger partial charge >= 0.3 is 0 Å². The zero-order valence-corrected chi connectivity index (χ0v) is 14.5. The second-order valence-corrected chi connectivity index (χ2v) is 6.54. The van der Waals surface area contributed by atoms with Gasteiger partial charge in [-0.25, -0.2) is 0 Å². The van der Waals surface area contributed by atoms with Gasteiger partial charge in [0.05, 0.1) is 0 Å². The highest BCUT2D eigenvalue weighted by Gasteiger charge is 2.12. The van der Waals surface area contributed by atoms with Gasteiger partial charge in [-0.2, -0.15) is 0 Å². The van der Waals surface area contributed by atoms with Gasteiger partial charge in [-0.05, 0) is 48.2 Å². The summed E-state index contributed by atoms with van der Waals surface area (Å²) in [5.41, 5.74) is 5.20. The third-order valence-corrected chi connectivity index (χ3v) is 4.43. The average molecular weight is 334 g/mol. The number of aryl methyl sites for hydroxylation is 2. The molecule has 0 saturated heterocycles. The van der Waals surface area contributed by atoms with Crippen LogP contribution in [0.1, 0.15) is 33.4 Å². The summed E-state index contributed by atoms with van der Waals surface area (Å²) in [6, 6.07) is 16.5. The smallest absolute Gasteiger partial charge is 0.122 e. The second-order valence-electron chi connectivity index (χ2n) is 6.54. The van der Waals surface area contributed by atoms with Crippen molar-refractivity contribution in [1.29, 1.82) is 0 Å². The number of hydrogen-bond acceptors (Lipinski definition) is 3. The predicted molar refractivity (Wildman–Crippen MR) is 99.4 cm³/mol. The summed E-state index contributed by atoms with van der Waals surface area (Å²) in [4.78, 5) is 0. The Hall–Kier alpha value is -2.94. The van der Waals surface area contributed by atoms with E-state index in [1.165, 1.54) is 0 Å². The molecule has 0 bridgehead atoms. The molecular weight excluding hydrogens is 312 g/mol. The Kier molecular flexibility index (Phi) is 4.66. The zero-order chi connectivity index (χ0) is 18.0. The van der Waals surface area contributed by atoms with Crippen LogP contribution in [-0.2, 0) is 12.8 Å². The molecule has 0 radical (unpaired) electrons. The summed E-state index contributed by atoms with van der Waals surface area (Å²) in [6.07, 6.45) is 0.903. The number of phenolic OH excluding ortho intramolecular Hbond substituents is 3. The van der Waals surface area contributed by atoms with Crippen LogP contribution < -0.4 is 0 Å². The van der Waals surface area contributed by atoms with Crippen molar-refractivity contribution in [3.05, 3.63) is 88.0 Å². The molecule has 0 aliphatic carbocycles. The van der Waals surface area contributed by atoms with Crippen LogP contribution in [0.3, 0.4) is 0 Å². The van der Waals surface area contributed by atoms with E-state index in [-0.39, 0.29) is 17.2 Å². The molecule has 0 saturated carbocycles. The van der Waals surface area contributed by atoms with E-state index in [4.69, 9.17) is 0 Å². The normalized spacial score (nSPS) is 10.8. The van der Waals surface area contributed by atoms with Crippen LogP contribution in [0.5, 0.6) is 17.2 Å². The first-order valence-corrected chi connectivity index (χ1v) is 8.31. The maximum Gasteiger partial charge on any atom is 0.122 e. The highest BCUT2D eigenvalue weighted by atomic mass is 16.3. The minimum atomic E-state index is 0.212. The van der Waals surface area contributed by atoms with E-state index in [2.05, 4.69) is 0 Å². The number of rotatable bonds is 4. The van der Waals surface area contributed by atoms with E-state index >= 15 is 0 Å². The largest absolute Gasteiger partial charge is 0.508 e. The van der Waals surface area contributed by atoms with Crippen LogP contribution in [0.25, 0.3) is 0 Å². The number of phenols is 3. The van der Waals surface area contributed by atoms with Crippen molar-refractivity contribution in [2.24, 2.45) is 0 Å². The molecule has 25 heavy (non-hydrogen) atoms. The van der Waals surface area contributed by atoms with Gasteiger partial charge in [0.25, 0.3) is 0 Å². The minimum Gasteiger partial charge on any atom is -0.508 e. The quantitative estimate of drug-likeness (QED) is 0.653. The molecule has 0 fully saturated rings. The van der Waals surface area contributed by atoms with Crippen LogP contribution in [0.4, 0.5) is 0 Å². The second kappa shape index (κ2) is 6.89. The third kappa shape index (κ3) is 3.77. The zero-order valence-electron chi connectivity index (χ0n) is 14.5. The van der Waals surface area contributed by atoms with E-state index in [9.17, 15) is 15.3 Å². The Bertz CT molecular complexity index is 841. The first-order chi connectivity index (χ1) is 11.9. The summed E-state index contributed by atoms with van der Waals surface area (Å²) in [5.74, 6) is 0.669. The van der Waals surface area contributed by atoms with Gasteiger partial charge in [0.15, 0.2) is 0 Å². The Morgan fingerprint density at radius 2 is 1.04 bits per heavy atom. The van der Waals surface area contributed by atoms with E-state index in [0.717, 1.165) is 33.4 Å². The highest BCUT2D eigenvalue weighted by molar-refractivity contribution is 5.49. The molecule has 0 aliphatic rings. The Morgan fingerprint density at radius 3 is 1.48 bits per heavy atom. The van der Waals surface area contributed by atoms with Gasteiger partial charge < -0.3 is 15.3 Å². The van der Waals surface area contributed by atoms with Gasteiger partial charge in [0.2, 0.25) is 0 Å². The molecule has 0 spiro atoms. The summed E-state index contributed by atoms with van der Waals surface area (Å²) in [5, 5.41) is 30.8. The topological polar surface area (TPSA) is 60.7 Å². The van der Waals surface area contributed by atoms with Gasteiger partial charge in [-0.3, -0.25) is 0 Å². The molecule has 0 heterocycles. The molecule has 0 unspecified atom stereocenters. The molecule has 3 rings (SSSR count). The molecular formula is C22H22O3. The monoisotopic (exact) mass is 334 g/mol. The van der Waals surface area contributed by atoms with Crippen molar-refractivity contribution in [3.63, 3.8) is 0 Å². The lowest BCUT2D eigenvalue weighted by Gasteiger charge is -2.12. The molecule has 3 aromatic carbocycles. The summed E-state index contributed by atoms with van der Waals surface area (Å²) in [7, 11) is 0. The van der Waals surface area contributed by atoms with Crippen LogP contribution in [0.2, 0.25) is 0 Å². The van der Waals surface area contributed by atoms with Gasteiger partial charge in [-0.1, -0.05) is 53.6 Å². The van der Waals surface area contributed by atoms with Gasteiger partial charge in [0, 0.05) is 12.8 Å². The summed E-state index contributed by atoms with van der Waals surface area (Å²) >= 11 is 0. The van der Waals surface area contributed by atoms with Crippen molar-refractivity contribution in [2.75, 3.05) is 0 Å². The molecule has 0 aromatic heterocycles. The predicted octanol–water partition coefficient (Wildman–Crippen LogP) is 4.60. The van der Waals surface area contributed by atoms with Crippen molar-refractivity contribution >= 4 is 0 Å². The van der Waals surface area contributed by atoms with Crippen molar-refractivity contribution in [1.82, 2.24) is 0 Å². The van der Waals surface area contributed by atoms with Crippen LogP contribution >= 0.6 is 0 Å². The molecule has 0 atom stereocenters. The standard InChI is InChI=1S/C22H22O3/c1-14-6-8-20(23)18(10-14)12-16-4-3-5-17(22(16)25)13-19-11-15(2)7-9-21(19)24/h3-11,23-25H,12-13H2,1-2H3. The number of benzene rings is 3. The van der Waals surface area contributed by atoms with E-state index in [1.807, 2.05) is 56.3 Å². The van der Waals surface area contributed by atoms with E-state index < -0.39 is 0 Å². The Labute approximate surface area is 147 Å². The summed E-state index contributed by atoms with van der Waals surface area (Å²) < 4.78 is 0. The first-order valence-electron chi connectivity index (χ1n) is 8.31. The molecule has 0 amide bonds. The minimum absolute atomic E-state index is 0.212. The molecule has 3 aromatic rings. The molecule has 0 aliphatic heterocycles. The van der Waals surface area contributed by atoms with Crippen LogP contribution in [-0.4, -0.2) is 15.3 Å². The molecule has 3 heteroatoms. The van der Waals surface area contributed by atoms with Crippen LogP contribution in [0, 0.1) is 13.8 Å². The SMILES string of the molecule is Cc1ccc(O)c(Cc2cccc(Cc3cc(C)ccc3O)c2O)c1.